The molecule has 1 fully saturated rings. The Balaban J connectivity index is 0.00000180. The minimum Gasteiger partial charge on any atom is -0.497 e. The summed E-state index contributed by atoms with van der Waals surface area (Å²) in [6, 6.07) is 4.25. The van der Waals surface area contributed by atoms with Gasteiger partial charge in [0.15, 0.2) is 0 Å². The first-order valence-corrected chi connectivity index (χ1v) is 6.00. The molecule has 1 aromatic carbocycles. The minimum atomic E-state index is -0.557. The second-order valence-corrected chi connectivity index (χ2v) is 4.50. The van der Waals surface area contributed by atoms with E-state index in [-0.39, 0.29) is 29.9 Å². The number of halogens is 2. The average molecular weight is 289 g/mol. The van der Waals surface area contributed by atoms with Crippen LogP contribution < -0.4 is 10.5 Å². The number of hydrogen-bond donors (Lipinski definition) is 1. The summed E-state index contributed by atoms with van der Waals surface area (Å²) in [6.07, 6.45) is 1.78. The van der Waals surface area contributed by atoms with Gasteiger partial charge in [-0.15, -0.1) is 12.4 Å². The van der Waals surface area contributed by atoms with Gasteiger partial charge in [-0.05, 0) is 25.0 Å². The number of benzene rings is 1. The van der Waals surface area contributed by atoms with E-state index in [1.54, 1.807) is 11.0 Å². The van der Waals surface area contributed by atoms with Gasteiger partial charge in [-0.25, -0.2) is 4.39 Å². The Morgan fingerprint density at radius 1 is 1.53 bits per heavy atom. The molecule has 4 nitrogen and oxygen atoms in total. The predicted molar refractivity (Wildman–Crippen MR) is 73.3 cm³/mol. The molecule has 1 aromatic rings. The third kappa shape index (κ3) is 3.58. The molecule has 0 radical (unpaired) electrons. The molecule has 1 saturated heterocycles. The molecule has 0 aromatic heterocycles. The number of likely N-dealkylation sites (tertiary alicyclic amines) is 1. The van der Waals surface area contributed by atoms with Crippen molar-refractivity contribution in [3.05, 3.63) is 29.6 Å². The maximum absolute atomic E-state index is 13.8. The van der Waals surface area contributed by atoms with Crippen molar-refractivity contribution in [2.45, 2.75) is 18.9 Å². The van der Waals surface area contributed by atoms with Crippen LogP contribution in [0.5, 0.6) is 5.75 Å². The van der Waals surface area contributed by atoms with Crippen LogP contribution >= 0.6 is 12.4 Å². The van der Waals surface area contributed by atoms with Crippen LogP contribution in [0.2, 0.25) is 0 Å². The lowest BCUT2D eigenvalue weighted by molar-refractivity contribution is 0.0704. The third-order valence-electron chi connectivity index (χ3n) is 3.15. The monoisotopic (exact) mass is 288 g/mol. The maximum Gasteiger partial charge on any atom is 0.256 e. The zero-order chi connectivity index (χ0) is 13.1. The number of ether oxygens (including phenoxy) is 1. The van der Waals surface area contributed by atoms with Crippen molar-refractivity contribution in [1.29, 1.82) is 0 Å². The Morgan fingerprint density at radius 2 is 2.26 bits per heavy atom. The van der Waals surface area contributed by atoms with Crippen molar-refractivity contribution in [2.75, 3.05) is 20.2 Å². The topological polar surface area (TPSA) is 55.6 Å². The Bertz CT molecular complexity index is 456. The molecule has 1 amide bonds. The van der Waals surface area contributed by atoms with Gasteiger partial charge in [0.1, 0.15) is 11.6 Å². The minimum absolute atomic E-state index is 0. The molecule has 2 N–H and O–H groups in total. The molecule has 1 unspecified atom stereocenters. The van der Waals surface area contributed by atoms with Crippen molar-refractivity contribution in [2.24, 2.45) is 5.73 Å². The van der Waals surface area contributed by atoms with Gasteiger partial charge in [0, 0.05) is 25.2 Å². The molecule has 1 aliphatic heterocycles. The van der Waals surface area contributed by atoms with Crippen LogP contribution in [-0.4, -0.2) is 37.0 Å². The highest BCUT2D eigenvalue weighted by atomic mass is 35.5. The van der Waals surface area contributed by atoms with Crippen LogP contribution in [0.4, 0.5) is 4.39 Å². The Labute approximate surface area is 118 Å². The third-order valence-corrected chi connectivity index (χ3v) is 3.15. The normalized spacial score (nSPS) is 18.7. The van der Waals surface area contributed by atoms with E-state index in [0.717, 1.165) is 12.8 Å². The van der Waals surface area contributed by atoms with Gasteiger partial charge in [-0.3, -0.25) is 4.79 Å². The lowest BCUT2D eigenvalue weighted by Crippen LogP contribution is -2.45. The maximum atomic E-state index is 13.8. The van der Waals surface area contributed by atoms with Crippen LogP contribution in [0, 0.1) is 5.82 Å². The molecule has 1 heterocycles. The Hall–Kier alpha value is -1.33. The number of hydrogen-bond acceptors (Lipinski definition) is 3. The number of carbonyl (C=O) groups excluding carboxylic acids is 1. The highest BCUT2D eigenvalue weighted by molar-refractivity contribution is 5.94. The summed E-state index contributed by atoms with van der Waals surface area (Å²) < 4.78 is 18.7. The highest BCUT2D eigenvalue weighted by Gasteiger charge is 2.24. The van der Waals surface area contributed by atoms with Crippen LogP contribution in [0.15, 0.2) is 18.2 Å². The second-order valence-electron chi connectivity index (χ2n) is 4.50. The highest BCUT2D eigenvalue weighted by Crippen LogP contribution is 2.19. The summed E-state index contributed by atoms with van der Waals surface area (Å²) in [7, 11) is 1.46. The fourth-order valence-electron chi connectivity index (χ4n) is 2.16. The summed E-state index contributed by atoms with van der Waals surface area (Å²) in [5.74, 6) is -0.455. The van der Waals surface area contributed by atoms with Crippen molar-refractivity contribution in [1.82, 2.24) is 4.90 Å². The Kier molecular flexibility index (Phi) is 5.57. The lowest BCUT2D eigenvalue weighted by Gasteiger charge is -2.30. The standard InChI is InChI=1S/C13H17FN2O2.ClH/c1-18-10-4-5-11(12(14)7-10)13(17)16-6-2-3-9(15)8-16;/h4-5,7,9H,2-3,6,8,15H2,1H3;1H. The summed E-state index contributed by atoms with van der Waals surface area (Å²) in [5.41, 5.74) is 5.89. The summed E-state index contributed by atoms with van der Waals surface area (Å²) in [5, 5.41) is 0. The fourth-order valence-corrected chi connectivity index (χ4v) is 2.16. The van der Waals surface area contributed by atoms with Crippen LogP contribution in [0.1, 0.15) is 23.2 Å². The van der Waals surface area contributed by atoms with Gasteiger partial charge in [-0.1, -0.05) is 0 Å². The van der Waals surface area contributed by atoms with E-state index >= 15 is 0 Å². The largest absolute Gasteiger partial charge is 0.497 e. The van der Waals surface area contributed by atoms with Crippen LogP contribution in [0.25, 0.3) is 0 Å². The molecule has 0 saturated carbocycles. The lowest BCUT2D eigenvalue weighted by atomic mass is 10.1. The van der Waals surface area contributed by atoms with E-state index in [1.165, 1.54) is 19.2 Å². The zero-order valence-electron chi connectivity index (χ0n) is 10.8. The number of nitrogens with zero attached hydrogens (tertiary/aromatic N) is 1. The summed E-state index contributed by atoms with van der Waals surface area (Å²) in [6.45, 7) is 1.13. The van der Waals surface area contributed by atoms with E-state index in [2.05, 4.69) is 0 Å². The molecule has 19 heavy (non-hydrogen) atoms. The molecule has 2 rings (SSSR count). The molecular formula is C13H18ClFN2O2. The van der Waals surface area contributed by atoms with Crippen molar-refractivity contribution in [3.63, 3.8) is 0 Å². The molecule has 1 atom stereocenters. The first kappa shape index (κ1) is 15.7. The van der Waals surface area contributed by atoms with Gasteiger partial charge in [0.2, 0.25) is 0 Å². The van der Waals surface area contributed by atoms with Crippen LogP contribution in [-0.2, 0) is 0 Å². The number of rotatable bonds is 2. The molecule has 6 heteroatoms. The zero-order valence-corrected chi connectivity index (χ0v) is 11.6. The van der Waals surface area contributed by atoms with E-state index in [0.29, 0.717) is 18.8 Å². The Morgan fingerprint density at radius 3 is 2.84 bits per heavy atom. The average Bonchev–Trinajstić information content (AvgIpc) is 2.37. The molecule has 1 aliphatic rings. The fraction of sp³-hybridized carbons (Fsp3) is 0.462. The second kappa shape index (κ2) is 6.73. The van der Waals surface area contributed by atoms with Gasteiger partial charge in [0.05, 0.1) is 12.7 Å². The molecule has 0 aliphatic carbocycles. The van der Waals surface area contributed by atoms with Gasteiger partial charge < -0.3 is 15.4 Å². The molecule has 0 spiro atoms. The predicted octanol–water partition coefficient (Wildman–Crippen LogP) is 1.82. The SMILES string of the molecule is COc1ccc(C(=O)N2CCCC(N)C2)c(F)c1.Cl. The first-order valence-electron chi connectivity index (χ1n) is 6.00. The van der Waals surface area contributed by atoms with E-state index in [9.17, 15) is 9.18 Å². The van der Waals surface area contributed by atoms with E-state index < -0.39 is 5.82 Å². The number of carbonyl (C=O) groups is 1. The number of piperidine rings is 1. The number of amides is 1. The smallest absolute Gasteiger partial charge is 0.256 e. The quantitative estimate of drug-likeness (QED) is 0.903. The molecule has 106 valence electrons. The summed E-state index contributed by atoms with van der Waals surface area (Å²) >= 11 is 0. The van der Waals surface area contributed by atoms with Gasteiger partial charge in [0.25, 0.3) is 5.91 Å². The van der Waals surface area contributed by atoms with Gasteiger partial charge in [-0.2, -0.15) is 0 Å². The van der Waals surface area contributed by atoms with Crippen molar-refractivity contribution >= 4 is 18.3 Å². The van der Waals surface area contributed by atoms with Crippen molar-refractivity contribution < 1.29 is 13.9 Å². The number of methoxy groups -OCH3 is 1. The van der Waals surface area contributed by atoms with Gasteiger partial charge >= 0.3 is 0 Å². The van der Waals surface area contributed by atoms with E-state index in [4.69, 9.17) is 10.5 Å². The first-order chi connectivity index (χ1) is 8.61. The molecular weight excluding hydrogens is 271 g/mol. The number of nitrogens with two attached hydrogens (primary N) is 1. The van der Waals surface area contributed by atoms with Crippen molar-refractivity contribution in [3.8, 4) is 5.75 Å². The molecule has 0 bridgehead atoms. The van der Waals surface area contributed by atoms with E-state index in [1.807, 2.05) is 0 Å². The van der Waals surface area contributed by atoms with Crippen LogP contribution in [0.3, 0.4) is 0 Å². The summed E-state index contributed by atoms with van der Waals surface area (Å²) in [4.78, 5) is 13.8.